The summed E-state index contributed by atoms with van der Waals surface area (Å²) < 4.78 is 2.34. The van der Waals surface area contributed by atoms with Gasteiger partial charge in [0.05, 0.1) is 45.2 Å². The van der Waals surface area contributed by atoms with Gasteiger partial charge in [-0.15, -0.1) is 0 Å². The molecular weight excluding hydrogens is 1710 g/mol. The second-order valence-corrected chi connectivity index (χ2v) is 40.5. The molecule has 0 saturated heterocycles. The smallest absolute Gasteiger partial charge is 0.160 e. The number of hydrogen-bond acceptors (Lipinski definition) is 5. The third-order valence-corrected chi connectivity index (χ3v) is 30.9. The van der Waals surface area contributed by atoms with E-state index in [4.69, 9.17) is 24.9 Å². The lowest BCUT2D eigenvalue weighted by Crippen LogP contribution is -2.15. The fourth-order valence-electron chi connectivity index (χ4n) is 23.6. The first kappa shape index (κ1) is 84.3. The van der Waals surface area contributed by atoms with Crippen LogP contribution in [0.4, 0.5) is 0 Å². The summed E-state index contributed by atoms with van der Waals surface area (Å²) in [6.07, 6.45) is 0. The molecule has 4 aromatic heterocycles. The van der Waals surface area contributed by atoms with E-state index >= 15 is 0 Å². The molecule has 4 aliphatic carbocycles. The van der Waals surface area contributed by atoms with Crippen molar-refractivity contribution in [1.82, 2.24) is 29.5 Å². The van der Waals surface area contributed by atoms with Crippen LogP contribution in [0.5, 0.6) is 0 Å². The van der Waals surface area contributed by atoms with E-state index in [9.17, 15) is 0 Å². The van der Waals surface area contributed by atoms with Crippen LogP contribution in [-0.2, 0) is 21.7 Å². The van der Waals surface area contributed by atoms with Crippen molar-refractivity contribution in [3.05, 3.63) is 493 Å². The zero-order valence-electron chi connectivity index (χ0n) is 79.9. The maximum atomic E-state index is 5.70. The van der Waals surface area contributed by atoms with Crippen LogP contribution in [0.25, 0.3) is 228 Å². The van der Waals surface area contributed by atoms with Crippen LogP contribution in [0.1, 0.15) is 99.9 Å². The van der Waals surface area contributed by atoms with E-state index in [0.29, 0.717) is 5.82 Å². The molecule has 0 unspecified atom stereocenters. The Morgan fingerprint density at radius 1 is 0.170 bits per heavy atom. The van der Waals surface area contributed by atoms with Gasteiger partial charge in [-0.3, -0.25) is 4.57 Å². The molecule has 0 spiro atoms. The van der Waals surface area contributed by atoms with Gasteiger partial charge in [0.1, 0.15) is 5.82 Å². The molecule has 0 amide bonds. The fraction of sp³-hybridized carbons (Fsp3) is 0.0889. The molecule has 0 N–H and O–H groups in total. The molecule has 668 valence electrons. The van der Waals surface area contributed by atoms with Crippen LogP contribution >= 0.6 is 0 Å². The molecule has 4 heterocycles. The Morgan fingerprint density at radius 2 is 0.454 bits per heavy atom. The minimum Gasteiger partial charge on any atom is -0.292 e. The summed E-state index contributed by atoms with van der Waals surface area (Å²) in [5, 5.41) is 6.85. The Hall–Kier alpha value is -17.2. The number of hydrogen-bond donors (Lipinski definition) is 0. The van der Waals surface area contributed by atoms with E-state index in [1.807, 2.05) is 24.3 Å². The Kier molecular flexibility index (Phi) is 19.6. The molecular formula is C135H98N6. The maximum absolute atomic E-state index is 5.70. The van der Waals surface area contributed by atoms with E-state index in [0.717, 1.165) is 134 Å². The van der Waals surface area contributed by atoms with Gasteiger partial charge in [-0.2, -0.15) is 0 Å². The summed E-state index contributed by atoms with van der Waals surface area (Å²) in [5.74, 6) is 1.60. The Bertz CT molecular complexity index is 8980. The van der Waals surface area contributed by atoms with Gasteiger partial charge in [-0.05, 0) is 211 Å². The number of nitrogens with zero attached hydrogens (tertiary/aromatic N) is 6. The molecule has 0 bridgehead atoms. The second kappa shape index (κ2) is 32.8. The van der Waals surface area contributed by atoms with E-state index in [1.54, 1.807) is 0 Å². The molecule has 6 nitrogen and oxygen atoms in total. The molecule has 4 aliphatic rings. The quantitative estimate of drug-likeness (QED) is 0.108. The van der Waals surface area contributed by atoms with E-state index in [-0.39, 0.29) is 21.7 Å². The van der Waals surface area contributed by atoms with Crippen LogP contribution in [0, 0.1) is 0 Å². The Labute approximate surface area is 822 Å². The van der Waals surface area contributed by atoms with Gasteiger partial charge in [0, 0.05) is 93.4 Å². The second-order valence-electron chi connectivity index (χ2n) is 40.5. The van der Waals surface area contributed by atoms with E-state index < -0.39 is 0 Å². The predicted octanol–water partition coefficient (Wildman–Crippen LogP) is 35.0. The zero-order chi connectivity index (χ0) is 94.7. The first-order chi connectivity index (χ1) is 68.9. The van der Waals surface area contributed by atoms with Gasteiger partial charge in [0.15, 0.2) is 5.82 Å². The predicted molar refractivity (Wildman–Crippen MR) is 587 cm³/mol. The minimum absolute atomic E-state index is 0.124. The first-order valence-electron chi connectivity index (χ1n) is 49.2. The summed E-state index contributed by atoms with van der Waals surface area (Å²) in [6.45, 7) is 18.9. The molecule has 0 saturated carbocycles. The van der Waals surface area contributed by atoms with Gasteiger partial charge in [0.25, 0.3) is 0 Å². The number of benzene rings is 19. The molecule has 0 fully saturated rings. The molecule has 27 rings (SSSR count). The first-order valence-corrected chi connectivity index (χ1v) is 49.2. The van der Waals surface area contributed by atoms with Gasteiger partial charge in [-0.25, -0.2) is 24.9 Å². The summed E-state index contributed by atoms with van der Waals surface area (Å²) in [4.78, 5) is 27.0. The number of aromatic nitrogens is 6. The molecule has 0 radical (unpaired) electrons. The van der Waals surface area contributed by atoms with Crippen LogP contribution < -0.4 is 0 Å². The van der Waals surface area contributed by atoms with Crippen LogP contribution in [0.15, 0.2) is 449 Å². The average molecular weight is 1800 g/mol. The van der Waals surface area contributed by atoms with Crippen molar-refractivity contribution in [3.63, 3.8) is 0 Å². The average Bonchev–Trinajstić information content (AvgIpc) is 1.70. The molecule has 0 atom stereocenters. The number of imidazole rings is 1. The van der Waals surface area contributed by atoms with Crippen LogP contribution in [-0.4, -0.2) is 29.5 Å². The highest BCUT2D eigenvalue weighted by molar-refractivity contribution is 6.18. The van der Waals surface area contributed by atoms with Crippen molar-refractivity contribution < 1.29 is 0 Å². The monoisotopic (exact) mass is 1800 g/mol. The highest BCUT2D eigenvalue weighted by atomic mass is 15.1. The highest BCUT2D eigenvalue weighted by Gasteiger charge is 2.41. The summed E-state index contributed by atoms with van der Waals surface area (Å²) in [5.41, 5.74) is 47.5. The van der Waals surface area contributed by atoms with Crippen LogP contribution in [0.2, 0.25) is 0 Å². The minimum atomic E-state index is -0.147. The largest absolute Gasteiger partial charge is 0.292 e. The van der Waals surface area contributed by atoms with Crippen molar-refractivity contribution in [2.75, 3.05) is 0 Å². The van der Waals surface area contributed by atoms with Gasteiger partial charge in [0.2, 0.25) is 0 Å². The van der Waals surface area contributed by atoms with Crippen molar-refractivity contribution in [1.29, 1.82) is 0 Å². The normalized spacial score (nSPS) is 13.8. The molecule has 141 heavy (non-hydrogen) atoms. The lowest BCUT2D eigenvalue weighted by Gasteiger charge is -2.23. The van der Waals surface area contributed by atoms with Crippen LogP contribution in [0.3, 0.4) is 0 Å². The number of pyridine rings is 2. The molecule has 6 heteroatoms. The molecule has 23 aromatic rings. The summed E-state index contributed by atoms with van der Waals surface area (Å²) in [6, 6.07) is 163. The van der Waals surface area contributed by atoms with Gasteiger partial charge in [-0.1, -0.05) is 438 Å². The SMILES string of the molecule is CC1(C)c2ccccc2-c2ccc(-c3cc(-c4ccc5c(c4)C(C)(C)c4ccccc4-5)c4cc(-c5ccc(-c6cc(-c7ccccc7)nc(-c7ccccc7)n6)cc5)c5ccccc5c4n3)cc21.CC1(C)c2ccccc2-c2ccc(-c3cc(-c4ccc5c(c4)C(C)(C)c4ccccc4-5)c4cc(-c5ccc(-n6c(-c7ccccc7)nc(-c7ccccc7)c6-c6ccccc6)cc5)c5ccccc5c4n3)cc21. The topological polar surface area (TPSA) is 69.4 Å². The molecule has 0 aliphatic heterocycles. The fourth-order valence-corrected chi connectivity index (χ4v) is 23.6. The summed E-state index contributed by atoms with van der Waals surface area (Å²) >= 11 is 0. The molecule has 19 aromatic carbocycles. The summed E-state index contributed by atoms with van der Waals surface area (Å²) in [7, 11) is 0. The zero-order valence-corrected chi connectivity index (χ0v) is 79.9. The highest BCUT2D eigenvalue weighted by Crippen LogP contribution is 2.57. The number of fused-ring (bicyclic) bond motifs is 18. The lowest BCUT2D eigenvalue weighted by atomic mass is 9.81. The van der Waals surface area contributed by atoms with Crippen molar-refractivity contribution in [2.45, 2.75) is 77.0 Å². The lowest BCUT2D eigenvalue weighted by molar-refractivity contribution is 0.660. The Morgan fingerprint density at radius 3 is 0.858 bits per heavy atom. The van der Waals surface area contributed by atoms with E-state index in [2.05, 4.69) is 485 Å². The standard InChI is InChI=1S/C70H51N3.C65H47N3/c1-69(2)60-30-18-16-27-52(60)54-38-34-48(40-62(54)69)58-43-64(49-35-39-55-53-28-17-19-31-61(53)70(3,4)63(55)41-49)71-66-56-29-15-14-26-51(56)57(42-59(58)66)44-32-36-50(37-33-44)73-67(46-22-10-6-11-23-46)65(45-20-8-5-9-21-45)72-68(73)47-24-12-7-13-25-47;1-64(2)55-25-15-13-22-47(55)49-33-31-44(35-57(49)64)53-38-59(45-32-34-50-48-23-14-16-26-56(48)65(3,4)58(50)36-45)66-62-51-24-12-11-21-46(51)52(37-54(53)62)40-27-29-42(30-28-40)61-39-60(41-17-7-5-8-18-41)67-63(68-61)43-19-9-6-10-20-43/h5-43H,1-4H3;5-39H,1-4H3. The van der Waals surface area contributed by atoms with Gasteiger partial charge >= 0.3 is 0 Å². The van der Waals surface area contributed by atoms with Crippen molar-refractivity contribution in [2.24, 2.45) is 0 Å². The van der Waals surface area contributed by atoms with Crippen molar-refractivity contribution in [3.8, 4) is 185 Å². The van der Waals surface area contributed by atoms with E-state index in [1.165, 1.54) is 133 Å². The maximum Gasteiger partial charge on any atom is 0.160 e. The Balaban J connectivity index is 0.000000145. The third-order valence-electron chi connectivity index (χ3n) is 30.9. The van der Waals surface area contributed by atoms with Crippen molar-refractivity contribution >= 4 is 43.4 Å². The third kappa shape index (κ3) is 13.8. The number of rotatable bonds is 13. The van der Waals surface area contributed by atoms with Gasteiger partial charge < -0.3 is 0 Å².